The molecule has 1 unspecified atom stereocenters. The molecule has 4 aliphatic rings. The summed E-state index contributed by atoms with van der Waals surface area (Å²) in [6.07, 6.45) is 7.38. The molecule has 1 atom stereocenters. The molecule has 2 aromatic carbocycles. The summed E-state index contributed by atoms with van der Waals surface area (Å²) in [5, 5.41) is 6.57. The highest BCUT2D eigenvalue weighted by atomic mass is 32.2. The van der Waals surface area contributed by atoms with Crippen LogP contribution < -0.4 is 36.0 Å². The number of carbonyl (C=O) groups excluding carboxylic acids is 1. The molecule has 3 fully saturated rings. The van der Waals surface area contributed by atoms with Gasteiger partial charge in [0.2, 0.25) is 0 Å². The van der Waals surface area contributed by atoms with Crippen molar-refractivity contribution < 1.29 is 23.6 Å². The van der Waals surface area contributed by atoms with E-state index >= 15 is 0 Å². The largest absolute Gasteiger partial charge is 0.496 e. The van der Waals surface area contributed by atoms with Crippen LogP contribution in [0.25, 0.3) is 11.1 Å². The molecule has 10 nitrogen and oxygen atoms in total. The molecule has 3 saturated heterocycles. The predicted molar refractivity (Wildman–Crippen MR) is 208 cm³/mol. The molecule has 12 heteroatoms. The highest BCUT2D eigenvalue weighted by Crippen LogP contribution is 2.52. The fraction of sp³-hybridized carbons (Fsp3) is 0.550. The van der Waals surface area contributed by atoms with Gasteiger partial charge in [-0.25, -0.2) is 0 Å². The first-order valence-corrected chi connectivity index (χ1v) is 20.0. The summed E-state index contributed by atoms with van der Waals surface area (Å²) < 4.78 is 27.4. The van der Waals surface area contributed by atoms with Gasteiger partial charge in [0.1, 0.15) is 0 Å². The highest BCUT2D eigenvalue weighted by molar-refractivity contribution is 7.98. The predicted octanol–water partition coefficient (Wildman–Crippen LogP) is 6.09. The zero-order valence-electron chi connectivity index (χ0n) is 31.9. The lowest BCUT2D eigenvalue weighted by Gasteiger charge is -2.35. The van der Waals surface area contributed by atoms with E-state index < -0.39 is 24.1 Å². The Hall–Kier alpha value is -3.45. The summed E-state index contributed by atoms with van der Waals surface area (Å²) in [6, 6.07) is 10.5. The molecule has 0 aliphatic carbocycles. The van der Waals surface area contributed by atoms with Crippen molar-refractivity contribution >= 4 is 35.9 Å². The SMILES string of the molecule is CSc1cc(C)[nH]c(=O)c1CNC(=O)c1c(C)c2c(c(-c3ccc(N4CCCCC4)cc3)c1B1OC(C)(C)C(C)(C)O1)OC(C)(C1CCNCC1)O2. The maximum atomic E-state index is 14.8. The molecule has 5 heterocycles. The van der Waals surface area contributed by atoms with E-state index in [1.165, 1.54) is 36.7 Å². The number of fused-ring (bicyclic) bond motifs is 1. The number of aromatic nitrogens is 1. The molecule has 0 radical (unpaired) electrons. The van der Waals surface area contributed by atoms with E-state index in [0.717, 1.165) is 60.7 Å². The van der Waals surface area contributed by atoms with Gasteiger partial charge < -0.3 is 39.3 Å². The zero-order chi connectivity index (χ0) is 37.0. The lowest BCUT2D eigenvalue weighted by atomic mass is 9.69. The minimum atomic E-state index is -0.928. The van der Waals surface area contributed by atoms with Crippen LogP contribution in [-0.4, -0.2) is 67.4 Å². The quantitative estimate of drug-likeness (QED) is 0.188. The van der Waals surface area contributed by atoms with Crippen LogP contribution in [0.15, 0.2) is 40.0 Å². The molecule has 3 N–H and O–H groups in total. The van der Waals surface area contributed by atoms with Crippen LogP contribution in [0.5, 0.6) is 11.5 Å². The number of ether oxygens (including phenoxy) is 2. The van der Waals surface area contributed by atoms with Gasteiger partial charge in [0.25, 0.3) is 17.3 Å². The molecule has 3 aromatic rings. The molecular formula is C40H53BN4O6S. The number of nitrogens with zero attached hydrogens (tertiary/aromatic N) is 1. The summed E-state index contributed by atoms with van der Waals surface area (Å²) >= 11 is 1.48. The van der Waals surface area contributed by atoms with Gasteiger partial charge in [-0.2, -0.15) is 0 Å². The Balaban J connectivity index is 1.40. The van der Waals surface area contributed by atoms with E-state index in [1.807, 2.05) is 60.8 Å². The van der Waals surface area contributed by atoms with Crippen LogP contribution in [-0.2, 0) is 15.9 Å². The summed E-state index contributed by atoms with van der Waals surface area (Å²) in [7, 11) is -0.884. The molecule has 278 valence electrons. The number of aromatic amines is 1. The summed E-state index contributed by atoms with van der Waals surface area (Å²) in [5.41, 5.74) is 4.15. The second-order valence-electron chi connectivity index (χ2n) is 15.9. The van der Waals surface area contributed by atoms with Crippen molar-refractivity contribution in [3.05, 3.63) is 63.1 Å². The Morgan fingerprint density at radius 2 is 1.60 bits per heavy atom. The summed E-state index contributed by atoms with van der Waals surface area (Å²) in [5.74, 6) is 0.0280. The van der Waals surface area contributed by atoms with Crippen LogP contribution in [0, 0.1) is 19.8 Å². The van der Waals surface area contributed by atoms with E-state index in [-0.39, 0.29) is 23.9 Å². The minimum Gasteiger partial charge on any atom is -0.448 e. The number of aryl methyl sites for hydroxylation is 1. The number of thioether (sulfide) groups is 1. The van der Waals surface area contributed by atoms with Crippen LogP contribution in [0.1, 0.15) is 93.9 Å². The Kier molecular flexibility index (Phi) is 9.99. The molecule has 4 aliphatic heterocycles. The molecule has 7 rings (SSSR count). The number of pyridine rings is 1. The van der Waals surface area contributed by atoms with E-state index in [2.05, 4.69) is 44.8 Å². The average Bonchev–Trinajstić information content (AvgIpc) is 3.60. The summed E-state index contributed by atoms with van der Waals surface area (Å²) in [6.45, 7) is 17.7. The number of piperidine rings is 2. The van der Waals surface area contributed by atoms with E-state index in [9.17, 15) is 9.59 Å². The van der Waals surface area contributed by atoms with Crippen molar-refractivity contribution in [1.29, 1.82) is 0 Å². The Labute approximate surface area is 312 Å². The van der Waals surface area contributed by atoms with Crippen molar-refractivity contribution in [2.24, 2.45) is 5.92 Å². The maximum absolute atomic E-state index is 14.8. The monoisotopic (exact) mass is 728 g/mol. The Bertz CT molecular complexity index is 1890. The van der Waals surface area contributed by atoms with Gasteiger partial charge in [0.15, 0.2) is 11.5 Å². The minimum absolute atomic E-state index is 0.0496. The van der Waals surface area contributed by atoms with Gasteiger partial charge >= 0.3 is 7.12 Å². The summed E-state index contributed by atoms with van der Waals surface area (Å²) in [4.78, 5) is 34.0. The third-order valence-corrected chi connectivity index (χ3v) is 12.7. The zero-order valence-corrected chi connectivity index (χ0v) is 32.7. The van der Waals surface area contributed by atoms with Gasteiger partial charge in [-0.05, 0) is 117 Å². The third-order valence-electron chi connectivity index (χ3n) is 11.8. The van der Waals surface area contributed by atoms with Crippen molar-refractivity contribution in [3.8, 4) is 22.6 Å². The third kappa shape index (κ3) is 6.65. The molecular weight excluding hydrogens is 675 g/mol. The van der Waals surface area contributed by atoms with Crippen LogP contribution in [0.2, 0.25) is 0 Å². The van der Waals surface area contributed by atoms with E-state index in [1.54, 1.807) is 0 Å². The van der Waals surface area contributed by atoms with Crippen molar-refractivity contribution in [2.75, 3.05) is 37.3 Å². The first-order valence-electron chi connectivity index (χ1n) is 18.8. The highest BCUT2D eigenvalue weighted by Gasteiger charge is 2.55. The Morgan fingerprint density at radius 1 is 0.962 bits per heavy atom. The first-order chi connectivity index (χ1) is 24.7. The lowest BCUT2D eigenvalue weighted by Crippen LogP contribution is -2.47. The smallest absolute Gasteiger partial charge is 0.448 e. The van der Waals surface area contributed by atoms with Gasteiger partial charge in [-0.3, -0.25) is 9.59 Å². The number of benzene rings is 2. The van der Waals surface area contributed by atoms with E-state index in [4.69, 9.17) is 18.8 Å². The van der Waals surface area contributed by atoms with Crippen molar-refractivity contribution in [2.45, 2.75) is 109 Å². The fourth-order valence-electron chi connectivity index (χ4n) is 8.07. The fourth-order valence-corrected chi connectivity index (χ4v) is 8.77. The molecule has 52 heavy (non-hydrogen) atoms. The first kappa shape index (κ1) is 36.9. The average molecular weight is 729 g/mol. The number of hydrogen-bond donors (Lipinski definition) is 3. The topological polar surface area (TPSA) is 114 Å². The second-order valence-corrected chi connectivity index (χ2v) is 16.7. The number of rotatable bonds is 8. The van der Waals surface area contributed by atoms with Crippen molar-refractivity contribution in [3.63, 3.8) is 0 Å². The molecule has 1 aromatic heterocycles. The van der Waals surface area contributed by atoms with E-state index in [0.29, 0.717) is 33.7 Å². The van der Waals surface area contributed by atoms with Gasteiger partial charge in [0, 0.05) is 76.5 Å². The molecule has 1 amide bonds. The number of hydrogen-bond acceptors (Lipinski definition) is 9. The molecule has 0 saturated carbocycles. The van der Waals surface area contributed by atoms with Crippen LogP contribution in [0.3, 0.4) is 0 Å². The maximum Gasteiger partial charge on any atom is 0.496 e. The van der Waals surface area contributed by atoms with Gasteiger partial charge in [-0.15, -0.1) is 11.8 Å². The second kappa shape index (κ2) is 14.1. The van der Waals surface area contributed by atoms with Crippen LogP contribution in [0.4, 0.5) is 5.69 Å². The van der Waals surface area contributed by atoms with Crippen molar-refractivity contribution in [1.82, 2.24) is 15.6 Å². The Morgan fingerprint density at radius 3 is 2.23 bits per heavy atom. The normalized spacial score (nSPS) is 22.5. The standard InChI is InChI=1S/C40H53BN4O6S/c1-24-22-30(52-8)29(36(46)44-24)23-43-37(47)31-25(2)34-35(49-40(7,48-34)27-16-18-42-19-17-27)32(33(31)41-50-38(3,4)39(5,6)51-41)26-12-14-28(15-13-26)45-20-10-9-11-21-45/h12-15,22,27,42H,9-11,16-21,23H2,1-8H3,(H,43,47)(H,44,46). The van der Waals surface area contributed by atoms with Crippen LogP contribution >= 0.6 is 11.8 Å². The number of amides is 1. The van der Waals surface area contributed by atoms with Gasteiger partial charge in [0.05, 0.1) is 11.2 Å². The number of H-pyrrole nitrogens is 1. The number of anilines is 1. The molecule has 0 bridgehead atoms. The lowest BCUT2D eigenvalue weighted by molar-refractivity contribution is -0.117. The number of carbonyl (C=O) groups is 1. The molecule has 0 spiro atoms. The number of nitrogens with one attached hydrogen (secondary N) is 3. The van der Waals surface area contributed by atoms with Gasteiger partial charge in [-0.1, -0.05) is 12.1 Å².